The van der Waals surface area contributed by atoms with Crippen LogP contribution in [0.1, 0.15) is 74.5 Å². The van der Waals surface area contributed by atoms with Gasteiger partial charge in [-0.3, -0.25) is 4.98 Å². The molecule has 1 aromatic heterocycles. The smallest absolute Gasteiger partial charge is 0.248 e. The van der Waals surface area contributed by atoms with Gasteiger partial charge in [-0.1, -0.05) is 0 Å². The van der Waals surface area contributed by atoms with E-state index in [0.717, 1.165) is 5.56 Å². The Labute approximate surface area is 133 Å². The Bertz CT molecular complexity index is 507. The van der Waals surface area contributed by atoms with Gasteiger partial charge in [0.2, 0.25) is 11.8 Å². The molecule has 1 aromatic rings. The van der Waals surface area contributed by atoms with Gasteiger partial charge in [-0.05, 0) is 43.2 Å². The number of pyridine rings is 1. The number of anilines is 1. The zero-order valence-corrected chi connectivity index (χ0v) is 13.0. The van der Waals surface area contributed by atoms with E-state index in [1.807, 2.05) is 0 Å². The second kappa shape index (κ2) is 5.95. The molecule has 0 bridgehead atoms. The van der Waals surface area contributed by atoms with Crippen molar-refractivity contribution in [1.29, 1.82) is 0 Å². The van der Waals surface area contributed by atoms with Crippen molar-refractivity contribution in [3.63, 3.8) is 0 Å². The van der Waals surface area contributed by atoms with E-state index in [1.165, 1.54) is 0 Å². The van der Waals surface area contributed by atoms with E-state index in [9.17, 15) is 17.6 Å². The van der Waals surface area contributed by atoms with Crippen LogP contribution in [-0.2, 0) is 0 Å². The van der Waals surface area contributed by atoms with Crippen LogP contribution in [0.15, 0.2) is 12.3 Å². The van der Waals surface area contributed by atoms with Gasteiger partial charge in [-0.15, -0.1) is 0 Å². The third-order valence-electron chi connectivity index (χ3n) is 5.32. The first-order chi connectivity index (χ1) is 10.8. The van der Waals surface area contributed by atoms with Gasteiger partial charge in [-0.25, -0.2) is 17.6 Å². The van der Waals surface area contributed by atoms with Gasteiger partial charge in [0.25, 0.3) is 0 Å². The maximum atomic E-state index is 13.3. The molecule has 0 unspecified atom stereocenters. The van der Waals surface area contributed by atoms with E-state index in [4.69, 9.17) is 5.73 Å². The number of alkyl halides is 4. The van der Waals surface area contributed by atoms with Crippen molar-refractivity contribution in [2.24, 2.45) is 0 Å². The maximum Gasteiger partial charge on any atom is 0.248 e. The van der Waals surface area contributed by atoms with E-state index < -0.39 is 11.8 Å². The molecule has 2 fully saturated rings. The third kappa shape index (κ3) is 3.61. The minimum atomic E-state index is -2.59. The number of nitrogen functional groups attached to an aromatic ring is 1. The summed E-state index contributed by atoms with van der Waals surface area (Å²) in [4.78, 5) is 4.32. The van der Waals surface area contributed by atoms with Gasteiger partial charge in [0, 0.05) is 37.8 Å². The van der Waals surface area contributed by atoms with Crippen LogP contribution in [0.3, 0.4) is 0 Å². The maximum absolute atomic E-state index is 13.3. The zero-order chi connectivity index (χ0) is 16.7. The van der Waals surface area contributed by atoms with Crippen molar-refractivity contribution in [1.82, 2.24) is 4.98 Å². The largest absolute Gasteiger partial charge is 0.397 e. The average molecular weight is 330 g/mol. The molecule has 2 aliphatic carbocycles. The Morgan fingerprint density at radius 3 is 1.87 bits per heavy atom. The molecule has 0 aliphatic heterocycles. The number of nitrogens with zero attached hydrogens (tertiary/aromatic N) is 1. The predicted molar refractivity (Wildman–Crippen MR) is 81.0 cm³/mol. The fraction of sp³-hybridized carbons (Fsp3) is 0.706. The van der Waals surface area contributed by atoms with E-state index >= 15 is 0 Å². The molecule has 2 saturated carbocycles. The third-order valence-corrected chi connectivity index (χ3v) is 5.32. The Hall–Kier alpha value is -1.33. The lowest BCUT2D eigenvalue weighted by atomic mass is 9.79. The van der Waals surface area contributed by atoms with Gasteiger partial charge < -0.3 is 5.73 Å². The SMILES string of the molecule is Nc1c(C2CCC(F)(F)CC2)ccnc1C1CCC(F)(F)CC1. The first-order valence-electron chi connectivity index (χ1n) is 8.27. The molecule has 2 nitrogen and oxygen atoms in total. The van der Waals surface area contributed by atoms with Crippen molar-refractivity contribution in [3.8, 4) is 0 Å². The molecule has 0 radical (unpaired) electrons. The average Bonchev–Trinajstić information content (AvgIpc) is 2.48. The van der Waals surface area contributed by atoms with Crippen LogP contribution in [0.25, 0.3) is 0 Å². The topological polar surface area (TPSA) is 38.9 Å². The molecular weight excluding hydrogens is 308 g/mol. The van der Waals surface area contributed by atoms with Crippen molar-refractivity contribution >= 4 is 5.69 Å². The summed E-state index contributed by atoms with van der Waals surface area (Å²) in [5.41, 5.74) is 8.31. The highest BCUT2D eigenvalue weighted by atomic mass is 19.3. The van der Waals surface area contributed by atoms with Crippen LogP contribution in [0.2, 0.25) is 0 Å². The molecule has 0 atom stereocenters. The molecule has 2 N–H and O–H groups in total. The molecular formula is C17H22F4N2. The van der Waals surface area contributed by atoms with Crippen molar-refractivity contribution in [2.45, 2.75) is 75.0 Å². The summed E-state index contributed by atoms with van der Waals surface area (Å²) in [6.07, 6.45) is 2.67. The highest BCUT2D eigenvalue weighted by Crippen LogP contribution is 2.46. The van der Waals surface area contributed by atoms with Crippen molar-refractivity contribution in [2.75, 3.05) is 5.73 Å². The van der Waals surface area contributed by atoms with E-state index in [0.29, 0.717) is 37.1 Å². The van der Waals surface area contributed by atoms with Gasteiger partial charge in [0.05, 0.1) is 11.4 Å². The highest BCUT2D eigenvalue weighted by molar-refractivity contribution is 5.53. The Kier molecular flexibility index (Phi) is 4.27. The molecule has 0 spiro atoms. The minimum absolute atomic E-state index is 0.0152. The number of hydrogen-bond acceptors (Lipinski definition) is 2. The molecule has 3 rings (SSSR count). The lowest BCUT2D eigenvalue weighted by molar-refractivity contribution is -0.0384. The fourth-order valence-electron chi connectivity index (χ4n) is 3.85. The first-order valence-corrected chi connectivity index (χ1v) is 8.27. The van der Waals surface area contributed by atoms with E-state index in [2.05, 4.69) is 4.98 Å². The number of hydrogen-bond donors (Lipinski definition) is 1. The molecule has 2 aliphatic rings. The monoisotopic (exact) mass is 330 g/mol. The van der Waals surface area contributed by atoms with Gasteiger partial charge in [0.1, 0.15) is 0 Å². The van der Waals surface area contributed by atoms with Gasteiger partial charge >= 0.3 is 0 Å². The number of rotatable bonds is 2. The Morgan fingerprint density at radius 1 is 0.870 bits per heavy atom. The lowest BCUT2D eigenvalue weighted by Gasteiger charge is -2.31. The second-order valence-electron chi connectivity index (χ2n) is 6.96. The number of aromatic nitrogens is 1. The minimum Gasteiger partial charge on any atom is -0.397 e. The number of nitrogens with two attached hydrogens (primary N) is 1. The van der Waals surface area contributed by atoms with Gasteiger partial charge in [-0.2, -0.15) is 0 Å². The summed E-state index contributed by atoms with van der Waals surface area (Å²) in [5.74, 6) is -5.20. The van der Waals surface area contributed by atoms with E-state index in [1.54, 1.807) is 12.3 Å². The molecule has 0 saturated heterocycles. The fourth-order valence-corrected chi connectivity index (χ4v) is 3.85. The van der Waals surface area contributed by atoms with Crippen LogP contribution < -0.4 is 5.73 Å². The van der Waals surface area contributed by atoms with Crippen LogP contribution in [0.5, 0.6) is 0 Å². The summed E-state index contributed by atoms with van der Waals surface area (Å²) >= 11 is 0. The molecule has 128 valence electrons. The standard InChI is InChI=1S/C17H22F4N2/c18-16(19)6-1-11(2-7-16)13-5-10-23-15(14(13)22)12-3-8-17(20,21)9-4-12/h5,10-12H,1-4,6-9,22H2. The first kappa shape index (κ1) is 16.5. The van der Waals surface area contributed by atoms with Crippen LogP contribution >= 0.6 is 0 Å². The molecule has 0 aromatic carbocycles. The summed E-state index contributed by atoms with van der Waals surface area (Å²) in [7, 11) is 0. The highest BCUT2D eigenvalue weighted by Gasteiger charge is 2.38. The number of halogens is 4. The van der Waals surface area contributed by atoms with Crippen LogP contribution in [0.4, 0.5) is 23.2 Å². The lowest BCUT2D eigenvalue weighted by Crippen LogP contribution is -2.26. The molecule has 23 heavy (non-hydrogen) atoms. The molecule has 6 heteroatoms. The Morgan fingerprint density at radius 2 is 1.35 bits per heavy atom. The van der Waals surface area contributed by atoms with Gasteiger partial charge in [0.15, 0.2) is 0 Å². The van der Waals surface area contributed by atoms with Crippen molar-refractivity contribution < 1.29 is 17.6 Å². The summed E-state index contributed by atoms with van der Waals surface area (Å²) < 4.78 is 53.3. The normalized spacial score (nSPS) is 25.4. The second-order valence-corrected chi connectivity index (χ2v) is 6.96. The molecule has 0 amide bonds. The summed E-state index contributed by atoms with van der Waals surface area (Å²) in [6, 6.07) is 1.80. The predicted octanol–water partition coefficient (Wildman–Crippen LogP) is 5.25. The zero-order valence-electron chi connectivity index (χ0n) is 13.0. The summed E-state index contributed by atoms with van der Waals surface area (Å²) in [5, 5.41) is 0. The quantitative estimate of drug-likeness (QED) is 0.752. The summed E-state index contributed by atoms with van der Waals surface area (Å²) in [6.45, 7) is 0. The van der Waals surface area contributed by atoms with E-state index in [-0.39, 0.29) is 37.5 Å². The molecule has 1 heterocycles. The van der Waals surface area contributed by atoms with Crippen LogP contribution in [0, 0.1) is 0 Å². The van der Waals surface area contributed by atoms with Crippen molar-refractivity contribution in [3.05, 3.63) is 23.5 Å². The van der Waals surface area contributed by atoms with Crippen LogP contribution in [-0.4, -0.2) is 16.8 Å². The Balaban J connectivity index is 1.77.